The summed E-state index contributed by atoms with van der Waals surface area (Å²) in [6.07, 6.45) is 3.77. The van der Waals surface area contributed by atoms with E-state index < -0.39 is 5.54 Å². The molecule has 1 aliphatic carbocycles. The number of urea groups is 1. The molecule has 2 aliphatic rings. The second kappa shape index (κ2) is 9.83. The maximum Gasteiger partial charge on any atom is 0.326 e. The van der Waals surface area contributed by atoms with Gasteiger partial charge in [0.25, 0.3) is 5.91 Å². The highest BCUT2D eigenvalue weighted by atomic mass is 16.5. The maximum absolute atomic E-state index is 13.2. The van der Waals surface area contributed by atoms with Gasteiger partial charge in [0.1, 0.15) is 12.1 Å². The summed E-state index contributed by atoms with van der Waals surface area (Å²) < 4.78 is 11.5. The van der Waals surface area contributed by atoms with Crippen LogP contribution in [0.15, 0.2) is 48.5 Å². The van der Waals surface area contributed by atoms with Crippen LogP contribution in [-0.4, -0.2) is 48.1 Å². The standard InChI is InChI=1S/C26H33N3O4/c1-19-9-7-8-14-26(19)24(30)29(25(31)27-26)18-28(2)16-21-12-13-22(23(15-21)32-3)33-17-20-10-5-4-6-11-20/h4-6,10-13,15,19H,7-9,14,16-18H2,1-3H3,(H,27,31)/t19-,26+/m0/s1. The summed E-state index contributed by atoms with van der Waals surface area (Å²) >= 11 is 0. The molecule has 7 heteroatoms. The Morgan fingerprint density at radius 2 is 1.88 bits per heavy atom. The highest BCUT2D eigenvalue weighted by molar-refractivity contribution is 6.07. The molecule has 2 atom stereocenters. The van der Waals surface area contributed by atoms with Gasteiger partial charge >= 0.3 is 6.03 Å². The molecule has 2 aromatic rings. The summed E-state index contributed by atoms with van der Waals surface area (Å²) in [6.45, 7) is 3.34. The number of ether oxygens (including phenoxy) is 2. The van der Waals surface area contributed by atoms with E-state index in [1.807, 2.05) is 60.5 Å². The zero-order valence-electron chi connectivity index (χ0n) is 19.7. The summed E-state index contributed by atoms with van der Waals surface area (Å²) in [4.78, 5) is 29.2. The first-order valence-electron chi connectivity index (χ1n) is 11.6. The molecule has 1 heterocycles. The fourth-order valence-corrected chi connectivity index (χ4v) is 4.89. The molecule has 2 aromatic carbocycles. The molecule has 0 unspecified atom stereocenters. The van der Waals surface area contributed by atoms with E-state index in [1.54, 1.807) is 7.11 Å². The van der Waals surface area contributed by atoms with Crippen LogP contribution in [0.2, 0.25) is 0 Å². The minimum atomic E-state index is -0.725. The van der Waals surface area contributed by atoms with Gasteiger partial charge in [-0.2, -0.15) is 0 Å². The third-order valence-corrected chi connectivity index (χ3v) is 6.80. The second-order valence-electron chi connectivity index (χ2n) is 9.20. The van der Waals surface area contributed by atoms with Gasteiger partial charge in [0.2, 0.25) is 0 Å². The SMILES string of the molecule is COc1cc(CN(C)CN2C(=O)N[C@@]3(CCCC[C@@H]3C)C2=O)ccc1OCc1ccccc1. The van der Waals surface area contributed by atoms with Crippen LogP contribution in [0.1, 0.15) is 43.7 Å². The van der Waals surface area contributed by atoms with Crippen molar-refractivity contribution in [1.29, 1.82) is 0 Å². The van der Waals surface area contributed by atoms with Crippen LogP contribution in [0.4, 0.5) is 4.79 Å². The van der Waals surface area contributed by atoms with Crippen molar-refractivity contribution in [2.24, 2.45) is 5.92 Å². The molecule has 176 valence electrons. The summed E-state index contributed by atoms with van der Waals surface area (Å²) in [6, 6.07) is 15.5. The number of amides is 3. The van der Waals surface area contributed by atoms with E-state index >= 15 is 0 Å². The first-order valence-corrected chi connectivity index (χ1v) is 11.6. The molecule has 3 amide bonds. The van der Waals surface area contributed by atoms with E-state index in [4.69, 9.17) is 9.47 Å². The van der Waals surface area contributed by atoms with Crippen LogP contribution >= 0.6 is 0 Å². The highest BCUT2D eigenvalue weighted by Gasteiger charge is 2.54. The van der Waals surface area contributed by atoms with Crippen molar-refractivity contribution >= 4 is 11.9 Å². The lowest BCUT2D eigenvalue weighted by atomic mass is 9.73. The molecule has 1 aliphatic heterocycles. The van der Waals surface area contributed by atoms with Crippen LogP contribution in [0.5, 0.6) is 11.5 Å². The minimum Gasteiger partial charge on any atom is -0.493 e. The molecule has 1 saturated carbocycles. The van der Waals surface area contributed by atoms with Crippen molar-refractivity contribution in [3.8, 4) is 11.5 Å². The predicted molar refractivity (Wildman–Crippen MR) is 126 cm³/mol. The monoisotopic (exact) mass is 451 g/mol. The fraction of sp³-hybridized carbons (Fsp3) is 0.462. The number of carbonyl (C=O) groups excluding carboxylic acids is 2. The van der Waals surface area contributed by atoms with E-state index in [2.05, 4.69) is 12.2 Å². The molecular formula is C26H33N3O4. The van der Waals surface area contributed by atoms with Gasteiger partial charge in [0.05, 0.1) is 13.8 Å². The lowest BCUT2D eigenvalue weighted by Crippen LogP contribution is -2.54. The average Bonchev–Trinajstić information content (AvgIpc) is 3.05. The van der Waals surface area contributed by atoms with Gasteiger partial charge in [-0.1, -0.05) is 56.2 Å². The van der Waals surface area contributed by atoms with Crippen molar-refractivity contribution in [2.45, 2.75) is 51.3 Å². The first-order chi connectivity index (χ1) is 15.9. The van der Waals surface area contributed by atoms with Crippen LogP contribution in [-0.2, 0) is 17.9 Å². The normalized spacial score (nSPS) is 22.7. The van der Waals surface area contributed by atoms with Gasteiger partial charge < -0.3 is 14.8 Å². The Kier molecular flexibility index (Phi) is 6.88. The number of rotatable bonds is 8. The van der Waals surface area contributed by atoms with Gasteiger partial charge in [-0.3, -0.25) is 9.69 Å². The maximum atomic E-state index is 13.2. The number of imide groups is 1. The first kappa shape index (κ1) is 23.1. The van der Waals surface area contributed by atoms with Crippen LogP contribution in [0, 0.1) is 5.92 Å². The molecule has 0 aromatic heterocycles. The van der Waals surface area contributed by atoms with E-state index in [9.17, 15) is 9.59 Å². The zero-order chi connectivity index (χ0) is 23.4. The summed E-state index contributed by atoms with van der Waals surface area (Å²) in [5, 5.41) is 3.02. The molecule has 0 radical (unpaired) electrons. The number of methoxy groups -OCH3 is 1. The molecule has 33 heavy (non-hydrogen) atoms. The third kappa shape index (κ3) is 4.83. The Morgan fingerprint density at radius 3 is 2.61 bits per heavy atom. The van der Waals surface area contributed by atoms with Crippen molar-refractivity contribution in [3.05, 3.63) is 59.7 Å². The second-order valence-corrected chi connectivity index (χ2v) is 9.20. The lowest BCUT2D eigenvalue weighted by molar-refractivity contribution is -0.135. The molecule has 1 saturated heterocycles. The largest absolute Gasteiger partial charge is 0.493 e. The lowest BCUT2D eigenvalue weighted by Gasteiger charge is -2.37. The van der Waals surface area contributed by atoms with Gasteiger partial charge in [-0.15, -0.1) is 0 Å². The molecule has 1 N–H and O–H groups in total. The predicted octanol–water partition coefficient (Wildman–Crippen LogP) is 4.16. The Balaban J connectivity index is 1.38. The molecule has 4 rings (SSSR count). The van der Waals surface area contributed by atoms with Crippen LogP contribution in [0.3, 0.4) is 0 Å². The van der Waals surface area contributed by atoms with Crippen molar-refractivity contribution < 1.29 is 19.1 Å². The quantitative estimate of drug-likeness (QED) is 0.610. The van der Waals surface area contributed by atoms with E-state index in [1.165, 1.54) is 4.90 Å². The molecule has 1 spiro atoms. The Morgan fingerprint density at radius 1 is 1.09 bits per heavy atom. The van der Waals surface area contributed by atoms with Crippen molar-refractivity contribution in [1.82, 2.24) is 15.1 Å². The van der Waals surface area contributed by atoms with E-state index in [-0.39, 0.29) is 24.5 Å². The number of benzene rings is 2. The number of hydrogen-bond donors (Lipinski definition) is 1. The van der Waals surface area contributed by atoms with Gasteiger partial charge in [0, 0.05) is 6.54 Å². The Bertz CT molecular complexity index is 996. The number of nitrogens with one attached hydrogen (secondary N) is 1. The summed E-state index contributed by atoms with van der Waals surface area (Å²) in [5.41, 5.74) is 1.37. The average molecular weight is 452 g/mol. The van der Waals surface area contributed by atoms with E-state index in [0.717, 1.165) is 36.8 Å². The zero-order valence-corrected chi connectivity index (χ0v) is 19.7. The highest BCUT2D eigenvalue weighted by Crippen LogP contribution is 2.38. The topological polar surface area (TPSA) is 71.1 Å². The number of nitrogens with zero attached hydrogens (tertiary/aromatic N) is 2. The number of carbonyl (C=O) groups is 2. The van der Waals surface area contributed by atoms with Crippen molar-refractivity contribution in [3.63, 3.8) is 0 Å². The Labute approximate surface area is 195 Å². The van der Waals surface area contributed by atoms with Crippen LogP contribution < -0.4 is 14.8 Å². The van der Waals surface area contributed by atoms with Gasteiger partial charge in [-0.25, -0.2) is 9.69 Å². The summed E-state index contributed by atoms with van der Waals surface area (Å²) in [5.74, 6) is 1.40. The summed E-state index contributed by atoms with van der Waals surface area (Å²) in [7, 11) is 3.53. The van der Waals surface area contributed by atoms with Crippen molar-refractivity contribution in [2.75, 3.05) is 20.8 Å². The minimum absolute atomic E-state index is 0.0891. The third-order valence-electron chi connectivity index (χ3n) is 6.80. The molecule has 2 fully saturated rings. The molecular weight excluding hydrogens is 418 g/mol. The van der Waals surface area contributed by atoms with E-state index in [0.29, 0.717) is 24.7 Å². The Hall–Kier alpha value is -3.06. The van der Waals surface area contributed by atoms with Crippen LogP contribution in [0.25, 0.3) is 0 Å². The van der Waals surface area contributed by atoms with Gasteiger partial charge in [-0.05, 0) is 49.1 Å². The number of hydrogen-bond acceptors (Lipinski definition) is 5. The van der Waals surface area contributed by atoms with Gasteiger partial charge in [0.15, 0.2) is 11.5 Å². The molecule has 7 nitrogen and oxygen atoms in total. The smallest absolute Gasteiger partial charge is 0.326 e. The fourth-order valence-electron chi connectivity index (χ4n) is 4.89. The molecule has 0 bridgehead atoms.